The Kier molecular flexibility index (Phi) is 6.00. The Morgan fingerprint density at radius 2 is 2.07 bits per heavy atom. The molecule has 8 nitrogen and oxygen atoms in total. The zero-order chi connectivity index (χ0) is 21.0. The first kappa shape index (κ1) is 20.6. The Labute approximate surface area is 169 Å². The topological polar surface area (TPSA) is 96.0 Å². The molecule has 1 saturated heterocycles. The Hall–Kier alpha value is -3.16. The van der Waals surface area contributed by atoms with Gasteiger partial charge in [0.25, 0.3) is 11.8 Å². The second-order valence-corrected chi connectivity index (χ2v) is 7.05. The molecule has 2 heterocycles. The van der Waals surface area contributed by atoms with Crippen LogP contribution in [-0.4, -0.2) is 54.0 Å². The molecule has 0 saturated carbocycles. The van der Waals surface area contributed by atoms with Gasteiger partial charge in [-0.3, -0.25) is 19.3 Å². The van der Waals surface area contributed by atoms with Gasteiger partial charge in [-0.05, 0) is 18.6 Å². The minimum atomic E-state index is -1.61. The lowest BCUT2D eigenvalue weighted by Crippen LogP contribution is -2.68. The lowest BCUT2D eigenvalue weighted by molar-refractivity contribution is -0.159. The van der Waals surface area contributed by atoms with Gasteiger partial charge in [0.2, 0.25) is 11.6 Å². The number of unbranched alkanes of at least 4 members (excludes halogenated alkanes) is 1. The highest BCUT2D eigenvalue weighted by Gasteiger charge is 2.61. The van der Waals surface area contributed by atoms with E-state index in [-0.39, 0.29) is 31.2 Å². The zero-order valence-electron chi connectivity index (χ0n) is 16.5. The third kappa shape index (κ3) is 3.50. The van der Waals surface area contributed by atoms with Crippen molar-refractivity contribution in [2.75, 3.05) is 24.6 Å². The fraction of sp³-hybridized carbons (Fsp3) is 0.429. The Balaban J connectivity index is 1.92. The first-order valence-corrected chi connectivity index (χ1v) is 9.76. The van der Waals surface area contributed by atoms with Crippen LogP contribution in [0.1, 0.15) is 43.0 Å². The number of carbonyl (C=O) groups is 4. The molecule has 3 amide bonds. The van der Waals surface area contributed by atoms with Crippen LogP contribution in [0.15, 0.2) is 36.9 Å². The Bertz CT molecular complexity index is 852. The summed E-state index contributed by atoms with van der Waals surface area (Å²) in [5.74, 6) is -1.87. The zero-order valence-corrected chi connectivity index (χ0v) is 16.5. The lowest BCUT2D eigenvalue weighted by atomic mass is 9.96. The normalized spacial score (nSPS) is 20.2. The average molecular weight is 399 g/mol. The van der Waals surface area contributed by atoms with Crippen molar-refractivity contribution in [1.29, 1.82) is 0 Å². The molecule has 2 aliphatic heterocycles. The summed E-state index contributed by atoms with van der Waals surface area (Å²) in [5, 5.41) is 2.68. The summed E-state index contributed by atoms with van der Waals surface area (Å²) < 4.78 is 5.29. The van der Waals surface area contributed by atoms with Gasteiger partial charge in [-0.1, -0.05) is 31.6 Å². The molecular formula is C21H25N3O5. The molecule has 3 rings (SSSR count). The van der Waals surface area contributed by atoms with E-state index in [0.29, 0.717) is 17.8 Å². The Morgan fingerprint density at radius 1 is 1.31 bits per heavy atom. The molecule has 0 aromatic heterocycles. The number of nitrogens with one attached hydrogen (secondary N) is 1. The average Bonchev–Trinajstić information content (AvgIpc) is 3.08. The standard InChI is InChI=1S/C21H25N3O5/c1-3-5-12-22-17(25)14-29-20(28)21-11-10-18(26)24(21)16-9-7-6-8-15(16)19(27)23(21)13-4-2/h4,6-9H,2-3,5,10-14H2,1H3,(H,22,25)/t21-/m1/s1. The van der Waals surface area contributed by atoms with Crippen molar-refractivity contribution >= 4 is 29.4 Å². The van der Waals surface area contributed by atoms with E-state index in [2.05, 4.69) is 11.9 Å². The number of anilines is 1. The molecule has 1 aromatic carbocycles. The van der Waals surface area contributed by atoms with Crippen LogP contribution in [0.5, 0.6) is 0 Å². The summed E-state index contributed by atoms with van der Waals surface area (Å²) >= 11 is 0. The highest BCUT2D eigenvalue weighted by atomic mass is 16.5. The van der Waals surface area contributed by atoms with Crippen molar-refractivity contribution in [3.8, 4) is 0 Å². The summed E-state index contributed by atoms with van der Waals surface area (Å²) in [4.78, 5) is 53.7. The van der Waals surface area contributed by atoms with E-state index in [9.17, 15) is 19.2 Å². The molecule has 154 valence electrons. The molecule has 0 bridgehead atoms. The molecule has 0 radical (unpaired) electrons. The number of ether oxygens (including phenoxy) is 1. The molecular weight excluding hydrogens is 374 g/mol. The van der Waals surface area contributed by atoms with Gasteiger partial charge in [-0.15, -0.1) is 6.58 Å². The number of hydrogen-bond donors (Lipinski definition) is 1. The summed E-state index contributed by atoms with van der Waals surface area (Å²) in [6.45, 7) is 5.77. The monoisotopic (exact) mass is 399 g/mol. The van der Waals surface area contributed by atoms with Crippen LogP contribution >= 0.6 is 0 Å². The van der Waals surface area contributed by atoms with E-state index < -0.39 is 24.1 Å². The number of benzene rings is 1. The molecule has 1 atom stereocenters. The van der Waals surface area contributed by atoms with E-state index in [1.807, 2.05) is 6.92 Å². The van der Waals surface area contributed by atoms with Crippen LogP contribution in [0.3, 0.4) is 0 Å². The number of carbonyl (C=O) groups excluding carboxylic acids is 4. The molecule has 0 spiro atoms. The predicted octanol–water partition coefficient (Wildman–Crippen LogP) is 1.61. The van der Waals surface area contributed by atoms with Gasteiger partial charge in [0.15, 0.2) is 6.61 Å². The number of hydrogen-bond acceptors (Lipinski definition) is 5. The van der Waals surface area contributed by atoms with E-state index in [4.69, 9.17) is 4.74 Å². The van der Waals surface area contributed by atoms with Crippen LogP contribution in [0.25, 0.3) is 0 Å². The maximum Gasteiger partial charge on any atom is 0.354 e. The number of para-hydroxylation sites is 1. The van der Waals surface area contributed by atoms with E-state index in [1.54, 1.807) is 24.3 Å². The van der Waals surface area contributed by atoms with E-state index in [0.717, 1.165) is 12.8 Å². The fourth-order valence-corrected chi connectivity index (χ4v) is 3.83. The second-order valence-electron chi connectivity index (χ2n) is 7.05. The summed E-state index contributed by atoms with van der Waals surface area (Å²) in [7, 11) is 0. The first-order chi connectivity index (χ1) is 14.0. The highest BCUT2D eigenvalue weighted by molar-refractivity contribution is 6.15. The van der Waals surface area contributed by atoms with Crippen LogP contribution < -0.4 is 10.2 Å². The third-order valence-corrected chi connectivity index (χ3v) is 5.20. The van der Waals surface area contributed by atoms with Gasteiger partial charge in [0.05, 0.1) is 11.3 Å². The van der Waals surface area contributed by atoms with Crippen molar-refractivity contribution < 1.29 is 23.9 Å². The minimum absolute atomic E-state index is 0.0642. The largest absolute Gasteiger partial charge is 0.452 e. The number of rotatable bonds is 8. The Morgan fingerprint density at radius 3 is 2.79 bits per heavy atom. The molecule has 1 aromatic rings. The maximum atomic E-state index is 13.2. The minimum Gasteiger partial charge on any atom is -0.452 e. The molecule has 2 aliphatic rings. The van der Waals surface area contributed by atoms with Gasteiger partial charge in [-0.25, -0.2) is 4.79 Å². The van der Waals surface area contributed by atoms with Gasteiger partial charge in [0, 0.05) is 25.9 Å². The molecule has 8 heteroatoms. The highest BCUT2D eigenvalue weighted by Crippen LogP contribution is 2.44. The quantitative estimate of drug-likeness (QED) is 0.407. The molecule has 0 aliphatic carbocycles. The summed E-state index contributed by atoms with van der Waals surface area (Å²) in [6.07, 6.45) is 3.44. The number of amides is 3. The van der Waals surface area contributed by atoms with Gasteiger partial charge >= 0.3 is 5.97 Å². The summed E-state index contributed by atoms with van der Waals surface area (Å²) in [5.41, 5.74) is -0.893. The van der Waals surface area contributed by atoms with Crippen LogP contribution in [-0.2, 0) is 19.1 Å². The maximum absolute atomic E-state index is 13.2. The summed E-state index contributed by atoms with van der Waals surface area (Å²) in [6, 6.07) is 6.67. The van der Waals surface area contributed by atoms with Crippen LogP contribution in [0.4, 0.5) is 5.69 Å². The van der Waals surface area contributed by atoms with Crippen LogP contribution in [0, 0.1) is 0 Å². The number of nitrogens with zero attached hydrogens (tertiary/aromatic N) is 2. The number of fused-ring (bicyclic) bond motifs is 3. The SMILES string of the molecule is C=CCN1C(=O)c2ccccc2N2C(=O)CC[C@@]12C(=O)OCC(=O)NCCCC. The molecule has 1 N–H and O–H groups in total. The lowest BCUT2D eigenvalue weighted by Gasteiger charge is -2.47. The van der Waals surface area contributed by atoms with Gasteiger partial charge in [0.1, 0.15) is 0 Å². The first-order valence-electron chi connectivity index (χ1n) is 9.76. The number of esters is 1. The van der Waals surface area contributed by atoms with Gasteiger partial charge in [-0.2, -0.15) is 0 Å². The van der Waals surface area contributed by atoms with E-state index >= 15 is 0 Å². The smallest absolute Gasteiger partial charge is 0.354 e. The fourth-order valence-electron chi connectivity index (χ4n) is 3.83. The molecule has 29 heavy (non-hydrogen) atoms. The van der Waals surface area contributed by atoms with E-state index in [1.165, 1.54) is 15.9 Å². The molecule has 0 unspecified atom stereocenters. The van der Waals surface area contributed by atoms with Crippen molar-refractivity contribution in [3.05, 3.63) is 42.5 Å². The molecule has 1 fully saturated rings. The van der Waals surface area contributed by atoms with Crippen LogP contribution in [0.2, 0.25) is 0 Å². The third-order valence-electron chi connectivity index (χ3n) is 5.20. The van der Waals surface area contributed by atoms with Crippen molar-refractivity contribution in [2.45, 2.75) is 38.3 Å². The van der Waals surface area contributed by atoms with Crippen molar-refractivity contribution in [3.63, 3.8) is 0 Å². The predicted molar refractivity (Wildman–Crippen MR) is 106 cm³/mol. The second kappa shape index (κ2) is 8.46. The van der Waals surface area contributed by atoms with Crippen molar-refractivity contribution in [1.82, 2.24) is 10.2 Å². The van der Waals surface area contributed by atoms with Gasteiger partial charge < -0.3 is 15.0 Å². The van der Waals surface area contributed by atoms with Crippen molar-refractivity contribution in [2.24, 2.45) is 0 Å².